The third-order valence-corrected chi connectivity index (χ3v) is 3.22. The van der Waals surface area contributed by atoms with E-state index in [-0.39, 0.29) is 6.42 Å². The molecule has 0 spiro atoms. The fraction of sp³-hybridized carbons (Fsp3) is 0.467. The van der Waals surface area contributed by atoms with E-state index in [9.17, 15) is 9.59 Å². The number of aliphatic carboxylic acids is 1. The standard InChI is InChI=1S/C15H20N2O5/c1-15(2,6-5-13(18)19)17-14(20)16-10-3-4-11-12(9-10)22-8-7-21-11/h3-4,9H,5-8H2,1-2H3,(H,18,19)(H2,16,17,20). The van der Waals surface area contributed by atoms with E-state index in [4.69, 9.17) is 14.6 Å². The monoisotopic (exact) mass is 308 g/mol. The normalized spacial score (nSPS) is 13.4. The van der Waals surface area contributed by atoms with Crippen molar-refractivity contribution in [1.82, 2.24) is 5.32 Å². The van der Waals surface area contributed by atoms with E-state index in [0.29, 0.717) is 36.8 Å². The molecule has 3 N–H and O–H groups in total. The van der Waals surface area contributed by atoms with Gasteiger partial charge in [0.15, 0.2) is 11.5 Å². The van der Waals surface area contributed by atoms with Crippen molar-refractivity contribution in [3.05, 3.63) is 18.2 Å². The second-order valence-electron chi connectivity index (χ2n) is 5.72. The van der Waals surface area contributed by atoms with Crippen LogP contribution in [0, 0.1) is 0 Å². The van der Waals surface area contributed by atoms with Gasteiger partial charge in [0, 0.05) is 23.7 Å². The molecule has 2 amide bonds. The molecule has 1 aromatic rings. The molecule has 0 aliphatic carbocycles. The van der Waals surface area contributed by atoms with Crippen LogP contribution >= 0.6 is 0 Å². The van der Waals surface area contributed by atoms with Crippen LogP contribution in [0.1, 0.15) is 26.7 Å². The van der Waals surface area contributed by atoms with E-state index in [0.717, 1.165) is 0 Å². The topological polar surface area (TPSA) is 96.9 Å². The molecule has 2 rings (SSSR count). The molecule has 0 fully saturated rings. The van der Waals surface area contributed by atoms with Gasteiger partial charge in [-0.1, -0.05) is 0 Å². The summed E-state index contributed by atoms with van der Waals surface area (Å²) in [5, 5.41) is 14.2. The average Bonchev–Trinajstić information content (AvgIpc) is 2.44. The van der Waals surface area contributed by atoms with Crippen LogP contribution in [0.2, 0.25) is 0 Å². The van der Waals surface area contributed by atoms with Crippen molar-refractivity contribution < 1.29 is 24.2 Å². The lowest BCUT2D eigenvalue weighted by molar-refractivity contribution is -0.137. The van der Waals surface area contributed by atoms with Gasteiger partial charge in [-0.15, -0.1) is 0 Å². The number of hydrogen-bond donors (Lipinski definition) is 3. The van der Waals surface area contributed by atoms with Gasteiger partial charge < -0.3 is 25.2 Å². The maximum absolute atomic E-state index is 12.0. The summed E-state index contributed by atoms with van der Waals surface area (Å²) in [6.07, 6.45) is 0.341. The highest BCUT2D eigenvalue weighted by Crippen LogP contribution is 2.32. The maximum Gasteiger partial charge on any atom is 0.319 e. The van der Waals surface area contributed by atoms with Crippen LogP contribution < -0.4 is 20.1 Å². The van der Waals surface area contributed by atoms with Crippen LogP contribution in [0.15, 0.2) is 18.2 Å². The van der Waals surface area contributed by atoms with Crippen LogP contribution in [0.5, 0.6) is 11.5 Å². The number of nitrogens with one attached hydrogen (secondary N) is 2. The van der Waals surface area contributed by atoms with E-state index in [1.807, 2.05) is 0 Å². The molecule has 0 saturated heterocycles. The summed E-state index contributed by atoms with van der Waals surface area (Å²) >= 11 is 0. The number of carboxylic acids is 1. The Balaban J connectivity index is 1.92. The minimum atomic E-state index is -0.887. The Labute approximate surface area is 128 Å². The molecule has 1 heterocycles. The van der Waals surface area contributed by atoms with Crippen molar-refractivity contribution in [1.29, 1.82) is 0 Å². The van der Waals surface area contributed by atoms with E-state index in [2.05, 4.69) is 10.6 Å². The minimum absolute atomic E-state index is 0.00267. The van der Waals surface area contributed by atoms with E-state index >= 15 is 0 Å². The molecule has 0 bridgehead atoms. The summed E-state index contributed by atoms with van der Waals surface area (Å²) < 4.78 is 10.9. The van der Waals surface area contributed by atoms with Crippen LogP contribution in [0.25, 0.3) is 0 Å². The van der Waals surface area contributed by atoms with Gasteiger partial charge in [0.25, 0.3) is 0 Å². The lowest BCUT2D eigenvalue weighted by atomic mass is 9.99. The maximum atomic E-state index is 12.0. The van der Waals surface area contributed by atoms with E-state index in [1.54, 1.807) is 32.0 Å². The first-order valence-electron chi connectivity index (χ1n) is 7.06. The van der Waals surface area contributed by atoms with E-state index < -0.39 is 17.5 Å². The van der Waals surface area contributed by atoms with Crippen molar-refractivity contribution >= 4 is 17.7 Å². The Hall–Kier alpha value is -2.44. The van der Waals surface area contributed by atoms with Crippen LogP contribution in [0.4, 0.5) is 10.5 Å². The Kier molecular flexibility index (Phi) is 4.75. The lowest BCUT2D eigenvalue weighted by Crippen LogP contribution is -2.45. The van der Waals surface area contributed by atoms with Crippen LogP contribution in [-0.4, -0.2) is 35.9 Å². The van der Waals surface area contributed by atoms with Gasteiger partial charge in [-0.25, -0.2) is 4.79 Å². The number of benzene rings is 1. The zero-order valence-electron chi connectivity index (χ0n) is 12.6. The fourth-order valence-corrected chi connectivity index (χ4v) is 2.07. The third-order valence-electron chi connectivity index (χ3n) is 3.22. The average molecular weight is 308 g/mol. The van der Waals surface area contributed by atoms with Gasteiger partial charge in [0.2, 0.25) is 0 Å². The molecule has 0 saturated carbocycles. The van der Waals surface area contributed by atoms with Gasteiger partial charge in [0.1, 0.15) is 13.2 Å². The highest BCUT2D eigenvalue weighted by molar-refractivity contribution is 5.90. The summed E-state index contributed by atoms with van der Waals surface area (Å²) in [5.74, 6) is 0.357. The molecule has 1 aliphatic heterocycles. The van der Waals surface area contributed by atoms with E-state index in [1.165, 1.54) is 0 Å². The molecular formula is C15H20N2O5. The van der Waals surface area contributed by atoms with Crippen molar-refractivity contribution in [3.8, 4) is 11.5 Å². The highest BCUT2D eigenvalue weighted by Gasteiger charge is 2.22. The number of carbonyl (C=O) groups excluding carboxylic acids is 1. The molecule has 0 unspecified atom stereocenters. The zero-order valence-corrected chi connectivity index (χ0v) is 12.6. The number of hydrogen-bond acceptors (Lipinski definition) is 4. The number of amides is 2. The van der Waals surface area contributed by atoms with Gasteiger partial charge >= 0.3 is 12.0 Å². The summed E-state index contributed by atoms with van der Waals surface area (Å²) in [6, 6.07) is 4.75. The molecule has 0 aromatic heterocycles. The molecule has 0 radical (unpaired) electrons. The second-order valence-corrected chi connectivity index (χ2v) is 5.72. The molecule has 0 atom stereocenters. The van der Waals surface area contributed by atoms with Gasteiger partial charge in [-0.05, 0) is 32.4 Å². The first-order chi connectivity index (χ1) is 10.4. The van der Waals surface area contributed by atoms with Crippen molar-refractivity contribution in [3.63, 3.8) is 0 Å². The smallest absolute Gasteiger partial charge is 0.319 e. The summed E-state index contributed by atoms with van der Waals surface area (Å²) in [5.41, 5.74) is -0.0354. The van der Waals surface area contributed by atoms with Crippen LogP contribution in [-0.2, 0) is 4.79 Å². The molecule has 22 heavy (non-hydrogen) atoms. The Morgan fingerprint density at radius 2 is 1.91 bits per heavy atom. The first kappa shape index (κ1) is 15.9. The SMILES string of the molecule is CC(C)(CCC(=O)O)NC(=O)Nc1ccc2c(c1)OCCO2. The number of carboxylic acid groups (broad SMARTS) is 1. The van der Waals surface area contributed by atoms with Gasteiger partial charge in [0.05, 0.1) is 0 Å². The quantitative estimate of drug-likeness (QED) is 0.775. The van der Waals surface area contributed by atoms with Gasteiger partial charge in [-0.2, -0.15) is 0 Å². The third kappa shape index (κ3) is 4.54. The number of fused-ring (bicyclic) bond motifs is 1. The first-order valence-corrected chi connectivity index (χ1v) is 7.06. The van der Waals surface area contributed by atoms with Crippen LogP contribution in [0.3, 0.4) is 0 Å². The number of anilines is 1. The number of carbonyl (C=O) groups is 2. The largest absolute Gasteiger partial charge is 0.486 e. The molecule has 7 heteroatoms. The summed E-state index contributed by atoms with van der Waals surface area (Å²) in [4.78, 5) is 22.6. The molecular weight excluding hydrogens is 288 g/mol. The predicted octanol–water partition coefficient (Wildman–Crippen LogP) is 2.22. The highest BCUT2D eigenvalue weighted by atomic mass is 16.6. The lowest BCUT2D eigenvalue weighted by Gasteiger charge is -2.26. The zero-order chi connectivity index (χ0) is 16.2. The molecule has 7 nitrogen and oxygen atoms in total. The van der Waals surface area contributed by atoms with Gasteiger partial charge in [-0.3, -0.25) is 4.79 Å². The predicted molar refractivity (Wildman–Crippen MR) is 80.5 cm³/mol. The summed E-state index contributed by atoms with van der Waals surface area (Å²) in [6.45, 7) is 4.54. The number of urea groups is 1. The van der Waals surface area contributed by atoms with Crippen molar-refractivity contribution in [2.24, 2.45) is 0 Å². The number of rotatable bonds is 5. The van der Waals surface area contributed by atoms with Crippen molar-refractivity contribution in [2.75, 3.05) is 18.5 Å². The van der Waals surface area contributed by atoms with Crippen molar-refractivity contribution in [2.45, 2.75) is 32.2 Å². The molecule has 1 aromatic carbocycles. The Morgan fingerprint density at radius 1 is 1.23 bits per heavy atom. The molecule has 120 valence electrons. The summed E-state index contributed by atoms with van der Waals surface area (Å²) in [7, 11) is 0. The molecule has 1 aliphatic rings. The Bertz CT molecular complexity index is 571. The fourth-order valence-electron chi connectivity index (χ4n) is 2.07. The second kappa shape index (κ2) is 6.55. The number of ether oxygens (including phenoxy) is 2. The minimum Gasteiger partial charge on any atom is -0.486 e. The Morgan fingerprint density at radius 3 is 2.59 bits per heavy atom.